The molecule has 2 rings (SSSR count). The fraction of sp³-hybridized carbons (Fsp3) is 0.385. The van der Waals surface area contributed by atoms with Gasteiger partial charge in [-0.1, -0.05) is 18.2 Å². The highest BCUT2D eigenvalue weighted by atomic mass is 16.5. The first-order valence-electron chi connectivity index (χ1n) is 5.90. The van der Waals surface area contributed by atoms with Gasteiger partial charge in [0.25, 0.3) is 0 Å². The van der Waals surface area contributed by atoms with Crippen molar-refractivity contribution in [3.05, 3.63) is 29.8 Å². The van der Waals surface area contributed by atoms with Crippen LogP contribution in [-0.4, -0.2) is 25.6 Å². The largest absolute Gasteiger partial charge is 0.491 e. The third kappa shape index (κ3) is 2.99. The minimum atomic E-state index is -0.102. The van der Waals surface area contributed by atoms with Gasteiger partial charge in [0.1, 0.15) is 12.4 Å². The van der Waals surface area contributed by atoms with Crippen molar-refractivity contribution < 1.29 is 9.53 Å². The van der Waals surface area contributed by atoms with Gasteiger partial charge < -0.3 is 10.1 Å². The maximum Gasteiger partial charge on any atom is 0.234 e. The Hall–Kier alpha value is -2.06. The molecule has 0 radical (unpaired) electrons. The number of carbonyl (C=O) groups excluding carboxylic acids is 1. The maximum absolute atomic E-state index is 11.5. The summed E-state index contributed by atoms with van der Waals surface area (Å²) in [5.41, 5.74) is 1.09. The van der Waals surface area contributed by atoms with Crippen molar-refractivity contribution in [3.8, 4) is 11.8 Å². The zero-order valence-electron chi connectivity index (χ0n) is 9.98. The lowest BCUT2D eigenvalue weighted by atomic mass is 10.1. The molecule has 1 heterocycles. The lowest BCUT2D eigenvalue weighted by molar-refractivity contribution is -0.120. The number of fused-ring (bicyclic) bond motifs is 1. The molecule has 1 aliphatic rings. The van der Waals surface area contributed by atoms with Gasteiger partial charge in [0.2, 0.25) is 5.91 Å². The number of carbonyl (C=O) groups is 1. The molecule has 0 saturated heterocycles. The first-order valence-corrected chi connectivity index (χ1v) is 5.90. The minimum Gasteiger partial charge on any atom is -0.491 e. The zero-order chi connectivity index (χ0) is 12.8. The second kappa shape index (κ2) is 6.03. The van der Waals surface area contributed by atoms with E-state index in [2.05, 4.69) is 10.6 Å². The van der Waals surface area contributed by atoms with Gasteiger partial charge in [-0.05, 0) is 6.07 Å². The van der Waals surface area contributed by atoms with Crippen LogP contribution in [0.5, 0.6) is 5.75 Å². The molecule has 0 aromatic heterocycles. The van der Waals surface area contributed by atoms with Crippen molar-refractivity contribution in [1.29, 1.82) is 5.26 Å². The number of nitriles is 1. The number of hydrogen-bond acceptors (Lipinski definition) is 4. The Bertz CT molecular complexity index is 468. The fourth-order valence-electron chi connectivity index (χ4n) is 1.87. The second-order valence-electron chi connectivity index (χ2n) is 4.04. The Balaban J connectivity index is 1.79. The highest BCUT2D eigenvalue weighted by Gasteiger charge is 2.23. The Labute approximate surface area is 106 Å². The highest BCUT2D eigenvalue weighted by Crippen LogP contribution is 2.31. The minimum absolute atomic E-state index is 0.0583. The summed E-state index contributed by atoms with van der Waals surface area (Å²) in [6, 6.07) is 9.83. The van der Waals surface area contributed by atoms with Crippen molar-refractivity contribution in [1.82, 2.24) is 10.6 Å². The summed E-state index contributed by atoms with van der Waals surface area (Å²) in [7, 11) is 0. The average molecular weight is 245 g/mol. The number of nitrogens with zero attached hydrogens (tertiary/aromatic N) is 1. The summed E-state index contributed by atoms with van der Waals surface area (Å²) >= 11 is 0. The number of hydrogen-bond donors (Lipinski definition) is 2. The number of nitrogens with one attached hydrogen (secondary N) is 2. The first kappa shape index (κ1) is 12.4. The summed E-state index contributed by atoms with van der Waals surface area (Å²) in [5.74, 6) is 0.773. The predicted molar refractivity (Wildman–Crippen MR) is 65.9 cm³/mol. The van der Waals surface area contributed by atoms with E-state index in [1.165, 1.54) is 0 Å². The molecule has 0 bridgehead atoms. The van der Waals surface area contributed by atoms with E-state index in [-0.39, 0.29) is 18.5 Å². The molecular formula is C13H15N3O2. The van der Waals surface area contributed by atoms with Crippen molar-refractivity contribution >= 4 is 5.91 Å². The molecule has 1 aliphatic heterocycles. The van der Waals surface area contributed by atoms with Gasteiger partial charge in [-0.25, -0.2) is 0 Å². The quantitative estimate of drug-likeness (QED) is 0.750. The van der Waals surface area contributed by atoms with E-state index in [0.717, 1.165) is 11.3 Å². The van der Waals surface area contributed by atoms with Crippen LogP contribution >= 0.6 is 0 Å². The molecule has 1 aromatic rings. The van der Waals surface area contributed by atoms with Crippen LogP contribution in [0, 0.1) is 11.3 Å². The van der Waals surface area contributed by atoms with E-state index in [1.807, 2.05) is 30.3 Å². The van der Waals surface area contributed by atoms with Crippen LogP contribution in [0.4, 0.5) is 0 Å². The smallest absolute Gasteiger partial charge is 0.234 e. The third-order valence-electron chi connectivity index (χ3n) is 2.77. The van der Waals surface area contributed by atoms with Gasteiger partial charge >= 0.3 is 0 Å². The molecule has 0 saturated carbocycles. The maximum atomic E-state index is 11.5. The van der Waals surface area contributed by atoms with E-state index >= 15 is 0 Å². The average Bonchev–Trinajstić information content (AvgIpc) is 2.80. The molecular weight excluding hydrogens is 230 g/mol. The fourth-order valence-corrected chi connectivity index (χ4v) is 1.87. The zero-order valence-corrected chi connectivity index (χ0v) is 9.98. The molecule has 94 valence electrons. The molecule has 0 spiro atoms. The van der Waals surface area contributed by atoms with Crippen LogP contribution in [0.1, 0.15) is 18.0 Å². The monoisotopic (exact) mass is 245 g/mol. The van der Waals surface area contributed by atoms with Gasteiger partial charge in [-0.3, -0.25) is 10.1 Å². The summed E-state index contributed by atoms with van der Waals surface area (Å²) < 4.78 is 5.50. The molecule has 2 N–H and O–H groups in total. The molecule has 1 amide bonds. The van der Waals surface area contributed by atoms with Gasteiger partial charge in [0.05, 0.1) is 25.1 Å². The summed E-state index contributed by atoms with van der Waals surface area (Å²) in [5, 5.41) is 14.2. The number of para-hydroxylation sites is 1. The molecule has 1 atom stereocenters. The van der Waals surface area contributed by atoms with Crippen LogP contribution in [0.15, 0.2) is 24.3 Å². The van der Waals surface area contributed by atoms with E-state index in [9.17, 15) is 4.79 Å². The van der Waals surface area contributed by atoms with Gasteiger partial charge in [0, 0.05) is 12.1 Å². The number of rotatable bonds is 5. The SMILES string of the molecule is N#CCCNC(=O)CNC1COc2ccccc21. The normalized spacial score (nSPS) is 16.5. The number of ether oxygens (including phenoxy) is 1. The highest BCUT2D eigenvalue weighted by molar-refractivity contribution is 5.78. The van der Waals surface area contributed by atoms with Crippen molar-refractivity contribution in [2.75, 3.05) is 19.7 Å². The Morgan fingerprint density at radius 1 is 1.50 bits per heavy atom. The number of benzene rings is 1. The Morgan fingerprint density at radius 2 is 2.33 bits per heavy atom. The van der Waals surface area contributed by atoms with Crippen LogP contribution < -0.4 is 15.4 Å². The van der Waals surface area contributed by atoms with Crippen molar-refractivity contribution in [3.63, 3.8) is 0 Å². The molecule has 18 heavy (non-hydrogen) atoms. The third-order valence-corrected chi connectivity index (χ3v) is 2.77. The van der Waals surface area contributed by atoms with Gasteiger partial charge in [-0.15, -0.1) is 0 Å². The van der Waals surface area contributed by atoms with E-state index in [1.54, 1.807) is 0 Å². The molecule has 0 aliphatic carbocycles. The Kier molecular flexibility index (Phi) is 4.15. The first-order chi connectivity index (χ1) is 8.81. The molecule has 5 heteroatoms. The predicted octanol–water partition coefficient (Wildman–Crippen LogP) is 0.740. The van der Waals surface area contributed by atoms with Crippen LogP contribution in [0.2, 0.25) is 0 Å². The van der Waals surface area contributed by atoms with Crippen molar-refractivity contribution in [2.45, 2.75) is 12.5 Å². The lowest BCUT2D eigenvalue weighted by Gasteiger charge is -2.11. The standard InChI is InChI=1S/C13H15N3O2/c14-6-3-7-15-13(17)8-16-11-9-18-12-5-2-1-4-10(11)12/h1-2,4-5,11,16H,3,7-9H2,(H,15,17). The van der Waals surface area contributed by atoms with E-state index in [4.69, 9.17) is 10.00 Å². The second-order valence-corrected chi connectivity index (χ2v) is 4.04. The Morgan fingerprint density at radius 3 is 3.17 bits per heavy atom. The lowest BCUT2D eigenvalue weighted by Crippen LogP contribution is -2.36. The molecule has 0 fully saturated rings. The molecule has 1 unspecified atom stereocenters. The summed E-state index contributed by atoms with van der Waals surface area (Å²) in [4.78, 5) is 11.5. The van der Waals surface area contributed by atoms with Crippen LogP contribution in [0.3, 0.4) is 0 Å². The van der Waals surface area contributed by atoms with Gasteiger partial charge in [0.15, 0.2) is 0 Å². The molecule has 1 aromatic carbocycles. The van der Waals surface area contributed by atoms with Gasteiger partial charge in [-0.2, -0.15) is 5.26 Å². The van der Waals surface area contributed by atoms with E-state index in [0.29, 0.717) is 19.6 Å². The summed E-state index contributed by atoms with van der Waals surface area (Å²) in [6.07, 6.45) is 0.334. The van der Waals surface area contributed by atoms with Crippen LogP contribution in [-0.2, 0) is 4.79 Å². The molecule has 5 nitrogen and oxygen atoms in total. The number of amides is 1. The summed E-state index contributed by atoms with van der Waals surface area (Å²) in [6.45, 7) is 1.17. The van der Waals surface area contributed by atoms with Crippen LogP contribution in [0.25, 0.3) is 0 Å². The topological polar surface area (TPSA) is 74.2 Å². The van der Waals surface area contributed by atoms with Crippen molar-refractivity contribution in [2.24, 2.45) is 0 Å². The van der Waals surface area contributed by atoms with E-state index < -0.39 is 0 Å².